The SMILES string of the molecule is CNC(c1sc(C)cc1Br)C12CC3CC(CC(C3)C1)C2. The first-order valence-electron chi connectivity index (χ1n) is 8.03. The van der Waals surface area contributed by atoms with Crippen molar-refractivity contribution in [2.75, 3.05) is 7.05 Å². The van der Waals surface area contributed by atoms with E-state index in [0.717, 1.165) is 17.8 Å². The minimum atomic E-state index is 0.545. The molecule has 0 saturated heterocycles. The molecule has 0 amide bonds. The molecule has 1 heterocycles. The summed E-state index contributed by atoms with van der Waals surface area (Å²) in [6.45, 7) is 2.23. The van der Waals surface area contributed by atoms with Gasteiger partial charge in [-0.3, -0.25) is 0 Å². The maximum Gasteiger partial charge on any atom is 0.0481 e. The van der Waals surface area contributed by atoms with Gasteiger partial charge in [-0.2, -0.15) is 0 Å². The maximum atomic E-state index is 3.81. The summed E-state index contributed by atoms with van der Waals surface area (Å²) in [5, 5.41) is 3.71. The van der Waals surface area contributed by atoms with Crippen LogP contribution in [-0.2, 0) is 0 Å². The van der Waals surface area contributed by atoms with Crippen LogP contribution < -0.4 is 5.32 Å². The number of thiophene rings is 1. The molecule has 110 valence electrons. The molecule has 5 rings (SSSR count). The second kappa shape index (κ2) is 4.82. The predicted octanol–water partition coefficient (Wildman–Crippen LogP) is 5.30. The van der Waals surface area contributed by atoms with Crippen molar-refractivity contribution in [1.82, 2.24) is 5.32 Å². The van der Waals surface area contributed by atoms with E-state index < -0.39 is 0 Å². The molecule has 1 aromatic rings. The number of nitrogens with one attached hydrogen (secondary N) is 1. The van der Waals surface area contributed by atoms with Crippen LogP contribution in [0.25, 0.3) is 0 Å². The molecule has 0 aliphatic heterocycles. The topological polar surface area (TPSA) is 12.0 Å². The highest BCUT2D eigenvalue weighted by Crippen LogP contribution is 2.64. The van der Waals surface area contributed by atoms with E-state index in [9.17, 15) is 0 Å². The Morgan fingerprint density at radius 1 is 1.20 bits per heavy atom. The molecule has 1 aromatic heterocycles. The van der Waals surface area contributed by atoms with E-state index >= 15 is 0 Å². The van der Waals surface area contributed by atoms with Crippen molar-refractivity contribution in [2.24, 2.45) is 23.2 Å². The molecule has 4 saturated carbocycles. The molecular weight excluding hydrogens is 330 g/mol. The van der Waals surface area contributed by atoms with Gasteiger partial charge in [-0.25, -0.2) is 0 Å². The lowest BCUT2D eigenvalue weighted by Gasteiger charge is -2.59. The summed E-state index contributed by atoms with van der Waals surface area (Å²) in [5.41, 5.74) is 0.545. The third-order valence-corrected chi connectivity index (χ3v) is 8.12. The third-order valence-electron chi connectivity index (χ3n) is 6.09. The Morgan fingerprint density at radius 3 is 2.15 bits per heavy atom. The molecule has 20 heavy (non-hydrogen) atoms. The Labute approximate surface area is 134 Å². The highest BCUT2D eigenvalue weighted by molar-refractivity contribution is 9.10. The molecular formula is C17H24BrNS. The summed E-state index contributed by atoms with van der Waals surface area (Å²) in [6, 6.07) is 2.86. The minimum Gasteiger partial charge on any atom is -0.312 e. The predicted molar refractivity (Wildman–Crippen MR) is 89.2 cm³/mol. The van der Waals surface area contributed by atoms with Crippen molar-refractivity contribution in [3.63, 3.8) is 0 Å². The molecule has 1 N–H and O–H groups in total. The van der Waals surface area contributed by atoms with Crippen LogP contribution in [0, 0.1) is 30.1 Å². The smallest absolute Gasteiger partial charge is 0.0481 e. The largest absolute Gasteiger partial charge is 0.312 e. The van der Waals surface area contributed by atoms with Crippen LogP contribution in [0.5, 0.6) is 0 Å². The second-order valence-corrected chi connectivity index (χ2v) is 9.71. The molecule has 0 spiro atoms. The van der Waals surface area contributed by atoms with Gasteiger partial charge in [0, 0.05) is 20.3 Å². The first-order valence-corrected chi connectivity index (χ1v) is 9.63. The molecule has 3 heteroatoms. The Hall–Kier alpha value is 0.140. The van der Waals surface area contributed by atoms with Crippen LogP contribution in [0.1, 0.15) is 54.3 Å². The van der Waals surface area contributed by atoms with Crippen LogP contribution in [0.4, 0.5) is 0 Å². The van der Waals surface area contributed by atoms with Crippen LogP contribution in [0.2, 0.25) is 0 Å². The molecule has 4 fully saturated rings. The summed E-state index contributed by atoms with van der Waals surface area (Å²) in [4.78, 5) is 2.98. The van der Waals surface area contributed by atoms with Crippen LogP contribution in [-0.4, -0.2) is 7.05 Å². The molecule has 0 aromatic carbocycles. The lowest BCUT2D eigenvalue weighted by atomic mass is 9.47. The van der Waals surface area contributed by atoms with Crippen LogP contribution >= 0.6 is 27.3 Å². The molecule has 1 unspecified atom stereocenters. The fourth-order valence-corrected chi connectivity index (χ4v) is 8.08. The van der Waals surface area contributed by atoms with Crippen molar-refractivity contribution >= 4 is 27.3 Å². The molecule has 4 aliphatic rings. The summed E-state index contributed by atoms with van der Waals surface area (Å²) >= 11 is 5.80. The Morgan fingerprint density at radius 2 is 1.75 bits per heavy atom. The normalized spacial score (nSPS) is 40.2. The summed E-state index contributed by atoms with van der Waals surface area (Å²) in [5.74, 6) is 3.07. The van der Waals surface area contributed by atoms with Gasteiger partial charge in [-0.05, 0) is 97.7 Å². The van der Waals surface area contributed by atoms with Gasteiger partial charge in [0.05, 0.1) is 0 Å². The van der Waals surface area contributed by atoms with Gasteiger partial charge >= 0.3 is 0 Å². The van der Waals surface area contributed by atoms with E-state index in [2.05, 4.69) is 41.3 Å². The fourth-order valence-electron chi connectivity index (χ4n) is 5.94. The van der Waals surface area contributed by atoms with E-state index in [-0.39, 0.29) is 0 Å². The Kier molecular flexibility index (Phi) is 3.32. The molecule has 1 nitrogen and oxygen atoms in total. The highest BCUT2D eigenvalue weighted by Gasteiger charge is 2.54. The minimum absolute atomic E-state index is 0.545. The summed E-state index contributed by atoms with van der Waals surface area (Å²) < 4.78 is 1.33. The number of hydrogen-bond acceptors (Lipinski definition) is 2. The highest BCUT2D eigenvalue weighted by atomic mass is 79.9. The van der Waals surface area contributed by atoms with Gasteiger partial charge < -0.3 is 5.32 Å². The molecule has 1 atom stereocenters. The summed E-state index contributed by atoms with van der Waals surface area (Å²) in [7, 11) is 2.17. The van der Waals surface area contributed by atoms with Gasteiger partial charge in [-0.1, -0.05) is 0 Å². The van der Waals surface area contributed by atoms with Gasteiger partial charge in [0.2, 0.25) is 0 Å². The van der Waals surface area contributed by atoms with E-state index in [1.54, 1.807) is 4.88 Å². The van der Waals surface area contributed by atoms with Crippen molar-refractivity contribution < 1.29 is 0 Å². The van der Waals surface area contributed by atoms with Crippen molar-refractivity contribution in [2.45, 2.75) is 51.5 Å². The fraction of sp³-hybridized carbons (Fsp3) is 0.765. The number of rotatable bonds is 3. The van der Waals surface area contributed by atoms with Gasteiger partial charge in [0.15, 0.2) is 0 Å². The first kappa shape index (κ1) is 13.8. The average Bonchev–Trinajstić information content (AvgIpc) is 2.67. The number of hydrogen-bond donors (Lipinski definition) is 1. The zero-order valence-corrected chi connectivity index (χ0v) is 14.8. The van der Waals surface area contributed by atoms with E-state index in [4.69, 9.17) is 0 Å². The third kappa shape index (κ3) is 2.04. The Bertz CT molecular complexity index is 486. The standard InChI is InChI=1S/C17H24BrNS/c1-10-3-14(18)15(20-10)16(19-2)17-7-11-4-12(8-17)6-13(5-11)9-17/h3,11-13,16,19H,4-9H2,1-2H3. The first-order chi connectivity index (χ1) is 9.59. The van der Waals surface area contributed by atoms with Crippen molar-refractivity contribution in [3.8, 4) is 0 Å². The number of halogens is 1. The van der Waals surface area contributed by atoms with Gasteiger partial charge in [-0.15, -0.1) is 11.3 Å². The van der Waals surface area contributed by atoms with E-state index in [1.165, 1.54) is 47.9 Å². The zero-order chi connectivity index (χ0) is 13.9. The molecule has 4 bridgehead atoms. The van der Waals surface area contributed by atoms with Crippen LogP contribution in [0.3, 0.4) is 0 Å². The second-order valence-electron chi connectivity index (χ2n) is 7.57. The summed E-state index contributed by atoms with van der Waals surface area (Å²) in [6.07, 6.45) is 8.98. The van der Waals surface area contributed by atoms with Gasteiger partial charge in [0.1, 0.15) is 0 Å². The maximum absolute atomic E-state index is 3.81. The molecule has 0 radical (unpaired) electrons. The zero-order valence-electron chi connectivity index (χ0n) is 12.4. The number of aryl methyl sites for hydroxylation is 1. The monoisotopic (exact) mass is 353 g/mol. The van der Waals surface area contributed by atoms with Crippen molar-refractivity contribution in [1.29, 1.82) is 0 Å². The average molecular weight is 354 g/mol. The Balaban J connectivity index is 1.72. The van der Waals surface area contributed by atoms with Crippen LogP contribution in [0.15, 0.2) is 10.5 Å². The lowest BCUT2D eigenvalue weighted by molar-refractivity contribution is -0.0730. The lowest BCUT2D eigenvalue weighted by Crippen LogP contribution is -2.51. The van der Waals surface area contributed by atoms with E-state index in [1.807, 2.05) is 11.3 Å². The quantitative estimate of drug-likeness (QED) is 0.777. The van der Waals surface area contributed by atoms with E-state index in [0.29, 0.717) is 11.5 Å². The van der Waals surface area contributed by atoms with Gasteiger partial charge in [0.25, 0.3) is 0 Å². The van der Waals surface area contributed by atoms with Crippen molar-refractivity contribution in [3.05, 3.63) is 20.3 Å². The molecule has 4 aliphatic carbocycles.